The van der Waals surface area contributed by atoms with Crippen LogP contribution in [0.3, 0.4) is 0 Å². The smallest absolute Gasteiger partial charge is 0.256 e. The Hall–Kier alpha value is -2.22. The van der Waals surface area contributed by atoms with Gasteiger partial charge in [-0.05, 0) is 54.0 Å². The predicted molar refractivity (Wildman–Crippen MR) is 122 cm³/mol. The highest BCUT2D eigenvalue weighted by Crippen LogP contribution is 2.30. The number of carbonyl (C=O) groups is 1. The number of hydrogen-bond acceptors (Lipinski definition) is 5. The summed E-state index contributed by atoms with van der Waals surface area (Å²) in [6, 6.07) is 15.2. The van der Waals surface area contributed by atoms with E-state index in [4.69, 9.17) is 9.72 Å². The summed E-state index contributed by atoms with van der Waals surface area (Å²) in [7, 11) is 0. The average molecular weight is 472 g/mol. The number of benzene rings is 2. The Morgan fingerprint density at radius 2 is 1.93 bits per heavy atom. The van der Waals surface area contributed by atoms with Gasteiger partial charge in [0.25, 0.3) is 5.91 Å². The molecule has 1 N–H and O–H groups in total. The zero-order valence-corrected chi connectivity index (χ0v) is 18.7. The fraction of sp³-hybridized carbons (Fsp3) is 0.273. The van der Waals surface area contributed by atoms with Crippen molar-refractivity contribution >= 4 is 44.0 Å². The molecule has 5 nitrogen and oxygen atoms in total. The Morgan fingerprint density at radius 3 is 2.69 bits per heavy atom. The summed E-state index contributed by atoms with van der Waals surface area (Å²) in [5.74, 6) is -0.148. The Morgan fingerprint density at radius 1 is 1.17 bits per heavy atom. The molecule has 1 aromatic heterocycles. The molecule has 1 fully saturated rings. The van der Waals surface area contributed by atoms with Gasteiger partial charge in [-0.15, -0.1) is 11.3 Å². The third kappa shape index (κ3) is 4.69. The second-order valence-electron chi connectivity index (χ2n) is 7.19. The minimum Gasteiger partial charge on any atom is -0.372 e. The molecule has 7 heteroatoms. The van der Waals surface area contributed by atoms with E-state index in [1.165, 1.54) is 0 Å². The second-order valence-corrected chi connectivity index (χ2v) is 8.88. The van der Waals surface area contributed by atoms with Gasteiger partial charge in [0, 0.05) is 34.2 Å². The van der Waals surface area contributed by atoms with Crippen LogP contribution in [0.25, 0.3) is 11.3 Å². The molecule has 0 aliphatic carbocycles. The molecule has 150 valence electrons. The number of carbonyl (C=O) groups excluding carboxylic acids is 1. The monoisotopic (exact) mass is 471 g/mol. The highest BCUT2D eigenvalue weighted by molar-refractivity contribution is 9.10. The third-order valence-corrected chi connectivity index (χ3v) is 6.31. The molecule has 1 saturated heterocycles. The topological polar surface area (TPSA) is 54.5 Å². The van der Waals surface area contributed by atoms with Crippen molar-refractivity contribution in [1.29, 1.82) is 0 Å². The number of morpholine rings is 1. The van der Waals surface area contributed by atoms with E-state index in [0.717, 1.165) is 39.6 Å². The van der Waals surface area contributed by atoms with Crippen LogP contribution >= 0.6 is 27.3 Å². The van der Waals surface area contributed by atoms with E-state index >= 15 is 0 Å². The maximum Gasteiger partial charge on any atom is 0.256 e. The van der Waals surface area contributed by atoms with Crippen LogP contribution in [0.1, 0.15) is 24.2 Å². The largest absolute Gasteiger partial charge is 0.372 e. The van der Waals surface area contributed by atoms with Crippen molar-refractivity contribution in [2.75, 3.05) is 23.3 Å². The van der Waals surface area contributed by atoms with Crippen LogP contribution in [0.2, 0.25) is 0 Å². The van der Waals surface area contributed by atoms with Crippen LogP contribution < -0.4 is 10.2 Å². The van der Waals surface area contributed by atoms with Gasteiger partial charge in [-0.1, -0.05) is 24.3 Å². The van der Waals surface area contributed by atoms with Gasteiger partial charge in [0.15, 0.2) is 5.13 Å². The lowest BCUT2D eigenvalue weighted by atomic mass is 10.1. The first-order valence-electron chi connectivity index (χ1n) is 9.52. The van der Waals surface area contributed by atoms with E-state index in [9.17, 15) is 4.79 Å². The number of anilines is 2. The Kier molecular flexibility index (Phi) is 5.99. The summed E-state index contributed by atoms with van der Waals surface area (Å²) in [5, 5.41) is 6.04. The fourth-order valence-electron chi connectivity index (χ4n) is 3.48. The quantitative estimate of drug-likeness (QED) is 0.550. The van der Waals surface area contributed by atoms with Gasteiger partial charge in [0.1, 0.15) is 0 Å². The van der Waals surface area contributed by atoms with Crippen LogP contribution in [0, 0.1) is 0 Å². The maximum absolute atomic E-state index is 12.6. The van der Waals surface area contributed by atoms with E-state index in [2.05, 4.69) is 45.4 Å². The van der Waals surface area contributed by atoms with Gasteiger partial charge in [0.2, 0.25) is 0 Å². The normalized spacial score (nSPS) is 19.2. The summed E-state index contributed by atoms with van der Waals surface area (Å²) < 4.78 is 6.59. The van der Waals surface area contributed by atoms with Crippen LogP contribution in [0.4, 0.5) is 10.8 Å². The minimum atomic E-state index is -0.148. The van der Waals surface area contributed by atoms with Gasteiger partial charge in [-0.25, -0.2) is 4.98 Å². The van der Waals surface area contributed by atoms with Crippen molar-refractivity contribution < 1.29 is 9.53 Å². The first-order chi connectivity index (χ1) is 14.0. The summed E-state index contributed by atoms with van der Waals surface area (Å²) in [5.41, 5.74) is 3.23. The Balaban J connectivity index is 1.51. The highest BCUT2D eigenvalue weighted by Gasteiger charge is 2.24. The number of aromatic nitrogens is 1. The number of rotatable bonds is 4. The molecule has 3 aromatic rings. The number of amides is 1. The molecular weight excluding hydrogens is 450 g/mol. The number of hydrogen-bond donors (Lipinski definition) is 1. The van der Waals surface area contributed by atoms with Crippen molar-refractivity contribution in [1.82, 2.24) is 4.98 Å². The molecule has 0 saturated carbocycles. The number of ether oxygens (including phenoxy) is 1. The standard InChI is InChI=1S/C22H22BrN3O2S/c1-14-11-26(12-15(2)28-14)22-25-20(13-29-22)16-6-5-7-17(10-16)24-21(27)18-8-3-4-9-19(18)23/h3-10,13-15H,11-12H2,1-2H3,(H,24,27). The van der Waals surface area contributed by atoms with E-state index in [1.807, 2.05) is 42.5 Å². The molecule has 1 aliphatic rings. The van der Waals surface area contributed by atoms with E-state index < -0.39 is 0 Å². The third-order valence-electron chi connectivity index (χ3n) is 4.72. The van der Waals surface area contributed by atoms with Gasteiger partial charge in [0.05, 0.1) is 23.5 Å². The summed E-state index contributed by atoms with van der Waals surface area (Å²) in [4.78, 5) is 19.7. The van der Waals surface area contributed by atoms with Crippen molar-refractivity contribution in [3.8, 4) is 11.3 Å². The van der Waals surface area contributed by atoms with E-state index in [1.54, 1.807) is 17.4 Å². The minimum absolute atomic E-state index is 0.148. The van der Waals surface area contributed by atoms with Crippen LogP contribution in [0.5, 0.6) is 0 Å². The second kappa shape index (κ2) is 8.65. The summed E-state index contributed by atoms with van der Waals surface area (Å²) >= 11 is 5.07. The average Bonchev–Trinajstić information content (AvgIpc) is 3.18. The Labute approximate surface area is 182 Å². The van der Waals surface area contributed by atoms with E-state index in [0.29, 0.717) is 5.56 Å². The first kappa shape index (κ1) is 20.1. The molecule has 2 unspecified atom stereocenters. The maximum atomic E-state index is 12.6. The van der Waals surface area contributed by atoms with Gasteiger partial charge in [-0.2, -0.15) is 0 Å². The molecule has 1 aliphatic heterocycles. The number of nitrogens with one attached hydrogen (secondary N) is 1. The van der Waals surface area contributed by atoms with Crippen molar-refractivity contribution in [3.63, 3.8) is 0 Å². The van der Waals surface area contributed by atoms with E-state index in [-0.39, 0.29) is 18.1 Å². The zero-order valence-electron chi connectivity index (χ0n) is 16.3. The predicted octanol–water partition coefficient (Wildman–Crippen LogP) is 5.44. The first-order valence-corrected chi connectivity index (χ1v) is 11.2. The lowest BCUT2D eigenvalue weighted by molar-refractivity contribution is -0.00522. The van der Waals surface area contributed by atoms with Crippen LogP contribution in [0.15, 0.2) is 58.4 Å². The van der Waals surface area contributed by atoms with Gasteiger partial charge >= 0.3 is 0 Å². The Bertz CT molecular complexity index is 1010. The number of halogens is 1. The molecular formula is C22H22BrN3O2S. The number of nitrogens with zero attached hydrogens (tertiary/aromatic N) is 2. The highest BCUT2D eigenvalue weighted by atomic mass is 79.9. The summed E-state index contributed by atoms with van der Waals surface area (Å²) in [6.45, 7) is 5.88. The van der Waals surface area contributed by atoms with Crippen molar-refractivity contribution in [2.45, 2.75) is 26.1 Å². The molecule has 2 heterocycles. The van der Waals surface area contributed by atoms with Gasteiger partial charge in [-0.3, -0.25) is 4.79 Å². The SMILES string of the molecule is CC1CN(c2nc(-c3cccc(NC(=O)c4ccccc4Br)c3)cs2)CC(C)O1. The van der Waals surface area contributed by atoms with Crippen molar-refractivity contribution in [3.05, 3.63) is 63.9 Å². The van der Waals surface area contributed by atoms with Crippen LogP contribution in [-0.4, -0.2) is 36.2 Å². The molecule has 2 atom stereocenters. The zero-order chi connectivity index (χ0) is 20.4. The lowest BCUT2D eigenvalue weighted by Gasteiger charge is -2.35. The molecule has 2 aromatic carbocycles. The molecule has 4 rings (SSSR count). The summed E-state index contributed by atoms with van der Waals surface area (Å²) in [6.07, 6.45) is 0.393. The molecule has 0 bridgehead atoms. The van der Waals surface area contributed by atoms with Gasteiger partial charge < -0.3 is 15.0 Å². The lowest BCUT2D eigenvalue weighted by Crippen LogP contribution is -2.45. The number of thiazole rings is 1. The van der Waals surface area contributed by atoms with Crippen molar-refractivity contribution in [2.24, 2.45) is 0 Å². The van der Waals surface area contributed by atoms with Crippen LogP contribution in [-0.2, 0) is 4.74 Å². The molecule has 29 heavy (non-hydrogen) atoms. The molecule has 1 amide bonds. The molecule has 0 radical (unpaired) electrons. The molecule has 0 spiro atoms. The fourth-order valence-corrected chi connectivity index (χ4v) is 4.80.